The van der Waals surface area contributed by atoms with Crippen molar-refractivity contribution in [2.24, 2.45) is 5.92 Å². The average Bonchev–Trinajstić information content (AvgIpc) is 3.08. The molecular weight excluding hydrogens is 362 g/mol. The van der Waals surface area contributed by atoms with Crippen molar-refractivity contribution in [2.45, 2.75) is 32.9 Å². The summed E-state index contributed by atoms with van der Waals surface area (Å²) in [6.45, 7) is 5.59. The van der Waals surface area contributed by atoms with Gasteiger partial charge in [0.15, 0.2) is 0 Å². The molecule has 5 heteroatoms. The van der Waals surface area contributed by atoms with Gasteiger partial charge in [0.05, 0.1) is 5.92 Å². The number of benzene rings is 2. The highest BCUT2D eigenvalue weighted by Gasteiger charge is 2.33. The molecule has 1 aliphatic rings. The maximum atomic E-state index is 12.5. The summed E-state index contributed by atoms with van der Waals surface area (Å²) < 4.78 is 0. The summed E-state index contributed by atoms with van der Waals surface area (Å²) in [5.74, 6) is -0.182. The molecule has 0 radical (unpaired) electrons. The quantitative estimate of drug-likeness (QED) is 0.667. The number of rotatable bonds is 9. The third-order valence-corrected chi connectivity index (χ3v) is 5.39. The molecule has 0 aliphatic carbocycles. The Morgan fingerprint density at radius 3 is 2.55 bits per heavy atom. The molecule has 1 N–H and O–H groups in total. The molecule has 0 bridgehead atoms. The van der Waals surface area contributed by atoms with Gasteiger partial charge in [-0.15, -0.1) is 0 Å². The van der Waals surface area contributed by atoms with Crippen molar-refractivity contribution in [3.8, 4) is 0 Å². The van der Waals surface area contributed by atoms with Crippen molar-refractivity contribution < 1.29 is 9.59 Å². The predicted octanol–water partition coefficient (Wildman–Crippen LogP) is 2.98. The van der Waals surface area contributed by atoms with Crippen molar-refractivity contribution in [2.75, 3.05) is 26.7 Å². The van der Waals surface area contributed by atoms with E-state index in [2.05, 4.69) is 53.7 Å². The van der Waals surface area contributed by atoms with Crippen molar-refractivity contribution in [3.05, 3.63) is 71.3 Å². The Hall–Kier alpha value is -2.66. The zero-order valence-electron chi connectivity index (χ0n) is 17.4. The van der Waals surface area contributed by atoms with Crippen LogP contribution in [0.5, 0.6) is 0 Å². The van der Waals surface area contributed by atoms with E-state index in [1.807, 2.05) is 25.1 Å². The molecular formula is C24H31N3O2. The van der Waals surface area contributed by atoms with Gasteiger partial charge < -0.3 is 15.1 Å². The maximum Gasteiger partial charge on any atom is 0.225 e. The topological polar surface area (TPSA) is 52.7 Å². The van der Waals surface area contributed by atoms with Gasteiger partial charge in [-0.1, -0.05) is 60.2 Å². The van der Waals surface area contributed by atoms with E-state index in [1.165, 1.54) is 11.1 Å². The van der Waals surface area contributed by atoms with E-state index >= 15 is 0 Å². The van der Waals surface area contributed by atoms with Crippen LogP contribution in [0.1, 0.15) is 29.5 Å². The number of carbonyl (C=O) groups is 2. The second kappa shape index (κ2) is 10.2. The van der Waals surface area contributed by atoms with Gasteiger partial charge in [-0.05, 0) is 38.1 Å². The standard InChI is InChI=1S/C24H31N3O2/c1-19-9-11-21(12-10-19)17-27-18-22(15-23(27)28)24(29)25-13-6-14-26(2)16-20-7-4-3-5-8-20/h3-5,7-12,22H,6,13-18H2,1-2H3,(H,25,29). The Balaban J connectivity index is 1.36. The lowest BCUT2D eigenvalue weighted by Gasteiger charge is -2.18. The van der Waals surface area contributed by atoms with Gasteiger partial charge in [0.2, 0.25) is 11.8 Å². The molecule has 2 amide bonds. The summed E-state index contributed by atoms with van der Waals surface area (Å²) in [6.07, 6.45) is 1.20. The molecule has 3 rings (SSSR count). The number of nitrogens with zero attached hydrogens (tertiary/aromatic N) is 2. The van der Waals surface area contributed by atoms with E-state index in [1.54, 1.807) is 4.90 Å². The second-order valence-corrected chi connectivity index (χ2v) is 8.03. The summed E-state index contributed by atoms with van der Waals surface area (Å²) in [6, 6.07) is 18.6. The molecule has 2 aromatic carbocycles. The number of amides is 2. The summed E-state index contributed by atoms with van der Waals surface area (Å²) in [4.78, 5) is 28.8. The fraction of sp³-hybridized carbons (Fsp3) is 0.417. The van der Waals surface area contributed by atoms with Crippen LogP contribution in [0.3, 0.4) is 0 Å². The van der Waals surface area contributed by atoms with Crippen LogP contribution in [0.4, 0.5) is 0 Å². The molecule has 1 saturated heterocycles. The van der Waals surface area contributed by atoms with Crippen molar-refractivity contribution in [3.63, 3.8) is 0 Å². The fourth-order valence-electron chi connectivity index (χ4n) is 3.69. The largest absolute Gasteiger partial charge is 0.356 e. The first-order chi connectivity index (χ1) is 14.0. The molecule has 2 aromatic rings. The van der Waals surface area contributed by atoms with Gasteiger partial charge in [-0.2, -0.15) is 0 Å². The highest BCUT2D eigenvalue weighted by Crippen LogP contribution is 2.20. The predicted molar refractivity (Wildman–Crippen MR) is 115 cm³/mol. The van der Waals surface area contributed by atoms with Crippen LogP contribution in [0.15, 0.2) is 54.6 Å². The van der Waals surface area contributed by atoms with E-state index in [-0.39, 0.29) is 17.7 Å². The number of hydrogen-bond donors (Lipinski definition) is 1. The fourth-order valence-corrected chi connectivity index (χ4v) is 3.69. The number of aryl methyl sites for hydroxylation is 1. The van der Waals surface area contributed by atoms with Crippen molar-refractivity contribution in [1.29, 1.82) is 0 Å². The lowest BCUT2D eigenvalue weighted by molar-refractivity contribution is -0.129. The SMILES string of the molecule is Cc1ccc(CN2CC(C(=O)NCCCN(C)Cc3ccccc3)CC2=O)cc1. The minimum Gasteiger partial charge on any atom is -0.356 e. The van der Waals surface area contributed by atoms with Crippen LogP contribution >= 0.6 is 0 Å². The van der Waals surface area contributed by atoms with E-state index in [4.69, 9.17) is 0 Å². The molecule has 1 atom stereocenters. The summed E-state index contributed by atoms with van der Waals surface area (Å²) >= 11 is 0. The smallest absolute Gasteiger partial charge is 0.225 e. The number of carbonyl (C=O) groups excluding carboxylic acids is 2. The maximum absolute atomic E-state index is 12.5. The Morgan fingerprint density at radius 1 is 1.10 bits per heavy atom. The minimum atomic E-state index is -0.241. The number of hydrogen-bond acceptors (Lipinski definition) is 3. The Labute approximate surface area is 173 Å². The highest BCUT2D eigenvalue weighted by atomic mass is 16.2. The first-order valence-electron chi connectivity index (χ1n) is 10.3. The van der Waals surface area contributed by atoms with Gasteiger partial charge in [0, 0.05) is 32.6 Å². The molecule has 29 heavy (non-hydrogen) atoms. The molecule has 0 spiro atoms. The van der Waals surface area contributed by atoms with Gasteiger partial charge >= 0.3 is 0 Å². The third kappa shape index (κ3) is 6.43. The lowest BCUT2D eigenvalue weighted by Crippen LogP contribution is -2.34. The summed E-state index contributed by atoms with van der Waals surface area (Å²) in [5, 5.41) is 3.01. The lowest BCUT2D eigenvalue weighted by atomic mass is 10.1. The zero-order chi connectivity index (χ0) is 20.6. The molecule has 1 aliphatic heterocycles. The zero-order valence-corrected chi connectivity index (χ0v) is 17.4. The number of likely N-dealkylation sites (tertiary alicyclic amines) is 1. The molecule has 1 unspecified atom stereocenters. The van der Waals surface area contributed by atoms with Crippen LogP contribution in [0.2, 0.25) is 0 Å². The monoisotopic (exact) mass is 393 g/mol. The third-order valence-electron chi connectivity index (χ3n) is 5.39. The van der Waals surface area contributed by atoms with Gasteiger partial charge in [0.25, 0.3) is 0 Å². The molecule has 0 saturated carbocycles. The normalized spacial score (nSPS) is 16.4. The molecule has 1 heterocycles. The van der Waals surface area contributed by atoms with Crippen LogP contribution in [-0.2, 0) is 22.7 Å². The van der Waals surface area contributed by atoms with Crippen LogP contribution in [0, 0.1) is 12.8 Å². The first kappa shape index (κ1) is 21.1. The highest BCUT2D eigenvalue weighted by molar-refractivity contribution is 5.89. The van der Waals surface area contributed by atoms with Crippen LogP contribution < -0.4 is 5.32 Å². The summed E-state index contributed by atoms with van der Waals surface area (Å²) in [7, 11) is 2.09. The van der Waals surface area contributed by atoms with E-state index in [9.17, 15) is 9.59 Å². The average molecular weight is 394 g/mol. The summed E-state index contributed by atoms with van der Waals surface area (Å²) in [5.41, 5.74) is 3.59. The Kier molecular flexibility index (Phi) is 7.42. The van der Waals surface area contributed by atoms with E-state index in [0.29, 0.717) is 26.1 Å². The minimum absolute atomic E-state index is 0.00420. The van der Waals surface area contributed by atoms with Gasteiger partial charge in [0.1, 0.15) is 0 Å². The van der Waals surface area contributed by atoms with Crippen LogP contribution in [-0.4, -0.2) is 48.3 Å². The van der Waals surface area contributed by atoms with Gasteiger partial charge in [-0.25, -0.2) is 0 Å². The first-order valence-corrected chi connectivity index (χ1v) is 10.3. The van der Waals surface area contributed by atoms with Crippen LogP contribution in [0.25, 0.3) is 0 Å². The van der Waals surface area contributed by atoms with Crippen molar-refractivity contribution in [1.82, 2.24) is 15.1 Å². The number of nitrogens with one attached hydrogen (secondary N) is 1. The molecule has 0 aromatic heterocycles. The van der Waals surface area contributed by atoms with E-state index in [0.717, 1.165) is 25.1 Å². The Bertz CT molecular complexity index is 805. The Morgan fingerprint density at radius 2 is 1.83 bits per heavy atom. The van der Waals surface area contributed by atoms with E-state index < -0.39 is 0 Å². The van der Waals surface area contributed by atoms with Crippen molar-refractivity contribution >= 4 is 11.8 Å². The molecule has 1 fully saturated rings. The second-order valence-electron chi connectivity index (χ2n) is 8.03. The molecule has 5 nitrogen and oxygen atoms in total. The van der Waals surface area contributed by atoms with Gasteiger partial charge in [-0.3, -0.25) is 9.59 Å². The molecule has 154 valence electrons.